The van der Waals surface area contributed by atoms with Crippen LogP contribution in [0, 0.1) is 11.3 Å². The first-order valence-corrected chi connectivity index (χ1v) is 4.20. The van der Waals surface area contributed by atoms with Crippen LogP contribution in [0.15, 0.2) is 12.2 Å². The maximum absolute atomic E-state index is 8.38. The second kappa shape index (κ2) is 6.84. The highest BCUT2D eigenvalue weighted by molar-refractivity contribution is 4.98. The van der Waals surface area contributed by atoms with Crippen molar-refractivity contribution in [3.63, 3.8) is 0 Å². The van der Waals surface area contributed by atoms with Crippen LogP contribution < -0.4 is 5.73 Å². The van der Waals surface area contributed by atoms with E-state index < -0.39 is 0 Å². The number of nitriles is 1. The Bertz CT molecular complexity index is 169. The first-order chi connectivity index (χ1) is 5.74. The first-order valence-electron chi connectivity index (χ1n) is 4.20. The van der Waals surface area contributed by atoms with Crippen molar-refractivity contribution in [2.45, 2.75) is 13.3 Å². The molecule has 0 saturated carbocycles. The molecule has 0 aliphatic heterocycles. The third kappa shape index (κ3) is 4.89. The highest BCUT2D eigenvalue weighted by Crippen LogP contribution is 1.95. The number of hydrogen-bond donors (Lipinski definition) is 1. The molecule has 0 spiro atoms. The molecular weight excluding hydrogens is 150 g/mol. The van der Waals surface area contributed by atoms with Gasteiger partial charge in [0, 0.05) is 26.1 Å². The molecule has 3 heteroatoms. The lowest BCUT2D eigenvalue weighted by Crippen LogP contribution is -2.28. The highest BCUT2D eigenvalue weighted by atomic mass is 15.1. The molecule has 0 aromatic carbocycles. The van der Waals surface area contributed by atoms with Crippen molar-refractivity contribution in [1.82, 2.24) is 4.90 Å². The third-order valence-electron chi connectivity index (χ3n) is 1.72. The van der Waals surface area contributed by atoms with E-state index in [1.54, 1.807) is 0 Å². The topological polar surface area (TPSA) is 53.0 Å². The molecule has 2 N–H and O–H groups in total. The normalized spacial score (nSPS) is 9.83. The van der Waals surface area contributed by atoms with Crippen molar-refractivity contribution < 1.29 is 0 Å². The fraction of sp³-hybridized carbons (Fsp3) is 0.667. The highest BCUT2D eigenvalue weighted by Gasteiger charge is 2.02. The van der Waals surface area contributed by atoms with Crippen LogP contribution in [0.3, 0.4) is 0 Å². The lowest BCUT2D eigenvalue weighted by atomic mass is 10.2. The maximum atomic E-state index is 8.38. The monoisotopic (exact) mass is 167 g/mol. The van der Waals surface area contributed by atoms with Crippen LogP contribution in [0.5, 0.6) is 0 Å². The SMILES string of the molecule is C=C(CN)CN(CC)CCC#N. The molecule has 0 aliphatic carbocycles. The predicted molar refractivity (Wildman–Crippen MR) is 50.5 cm³/mol. The van der Waals surface area contributed by atoms with Crippen LogP contribution in [0.2, 0.25) is 0 Å². The summed E-state index contributed by atoms with van der Waals surface area (Å²) >= 11 is 0. The summed E-state index contributed by atoms with van der Waals surface area (Å²) in [5.41, 5.74) is 6.44. The van der Waals surface area contributed by atoms with E-state index >= 15 is 0 Å². The minimum absolute atomic E-state index is 0.531. The Kier molecular flexibility index (Phi) is 6.35. The summed E-state index contributed by atoms with van der Waals surface area (Å²) in [7, 11) is 0. The number of rotatable bonds is 6. The van der Waals surface area contributed by atoms with Gasteiger partial charge >= 0.3 is 0 Å². The third-order valence-corrected chi connectivity index (χ3v) is 1.72. The maximum Gasteiger partial charge on any atom is 0.0635 e. The summed E-state index contributed by atoms with van der Waals surface area (Å²) in [5.74, 6) is 0. The summed E-state index contributed by atoms with van der Waals surface area (Å²) in [6.45, 7) is 8.99. The van der Waals surface area contributed by atoms with Crippen molar-refractivity contribution in [1.29, 1.82) is 5.26 Å². The Morgan fingerprint density at radius 1 is 1.67 bits per heavy atom. The van der Waals surface area contributed by atoms with E-state index in [2.05, 4.69) is 24.5 Å². The number of nitrogens with zero attached hydrogens (tertiary/aromatic N) is 2. The molecule has 12 heavy (non-hydrogen) atoms. The van der Waals surface area contributed by atoms with E-state index in [9.17, 15) is 0 Å². The quantitative estimate of drug-likeness (QED) is 0.593. The Morgan fingerprint density at radius 3 is 2.75 bits per heavy atom. The van der Waals surface area contributed by atoms with Gasteiger partial charge in [-0.1, -0.05) is 13.5 Å². The summed E-state index contributed by atoms with van der Waals surface area (Å²) < 4.78 is 0. The minimum atomic E-state index is 0.531. The van der Waals surface area contributed by atoms with Gasteiger partial charge in [-0.15, -0.1) is 0 Å². The average molecular weight is 167 g/mol. The van der Waals surface area contributed by atoms with Crippen molar-refractivity contribution in [2.24, 2.45) is 5.73 Å². The molecule has 0 radical (unpaired) electrons. The molecule has 0 aromatic rings. The molecule has 0 bridgehead atoms. The van der Waals surface area contributed by atoms with Crippen LogP contribution in [-0.2, 0) is 0 Å². The Morgan fingerprint density at radius 2 is 2.33 bits per heavy atom. The molecule has 0 atom stereocenters. The van der Waals surface area contributed by atoms with Crippen LogP contribution in [0.1, 0.15) is 13.3 Å². The van der Waals surface area contributed by atoms with E-state index in [1.807, 2.05) is 0 Å². The van der Waals surface area contributed by atoms with Gasteiger partial charge in [0.2, 0.25) is 0 Å². The zero-order chi connectivity index (χ0) is 9.40. The van der Waals surface area contributed by atoms with Gasteiger partial charge in [-0.3, -0.25) is 4.90 Å². The first kappa shape index (κ1) is 11.2. The van der Waals surface area contributed by atoms with Gasteiger partial charge in [-0.05, 0) is 12.1 Å². The minimum Gasteiger partial charge on any atom is -0.327 e. The Hall–Kier alpha value is -0.850. The molecule has 3 nitrogen and oxygen atoms in total. The van der Waals surface area contributed by atoms with E-state index in [0.717, 1.165) is 25.2 Å². The molecule has 0 aliphatic rings. The lowest BCUT2D eigenvalue weighted by molar-refractivity contribution is 0.319. The number of nitrogens with two attached hydrogens (primary N) is 1. The van der Waals surface area contributed by atoms with Crippen molar-refractivity contribution in [2.75, 3.05) is 26.2 Å². The molecule has 0 heterocycles. The largest absolute Gasteiger partial charge is 0.327 e. The smallest absolute Gasteiger partial charge is 0.0635 e. The molecule has 0 saturated heterocycles. The summed E-state index contributed by atoms with van der Waals surface area (Å²) in [4.78, 5) is 2.17. The molecule has 0 aromatic heterocycles. The standard InChI is InChI=1S/C9H17N3/c1-3-12(6-4-5-10)8-9(2)7-11/h2-4,6-8,11H2,1H3. The van der Waals surface area contributed by atoms with Gasteiger partial charge in [0.25, 0.3) is 0 Å². The van der Waals surface area contributed by atoms with E-state index in [-0.39, 0.29) is 0 Å². The molecule has 0 fully saturated rings. The fourth-order valence-corrected chi connectivity index (χ4v) is 0.938. The Labute approximate surface area is 74.5 Å². The number of likely N-dealkylation sites (N-methyl/N-ethyl adjacent to an activating group) is 1. The van der Waals surface area contributed by atoms with Crippen LogP contribution in [0.4, 0.5) is 0 Å². The van der Waals surface area contributed by atoms with Crippen molar-refractivity contribution in [3.05, 3.63) is 12.2 Å². The average Bonchev–Trinajstić information content (AvgIpc) is 2.11. The van der Waals surface area contributed by atoms with Crippen molar-refractivity contribution in [3.8, 4) is 6.07 Å². The van der Waals surface area contributed by atoms with Gasteiger partial charge in [-0.2, -0.15) is 5.26 Å². The lowest BCUT2D eigenvalue weighted by Gasteiger charge is -2.19. The fourth-order valence-electron chi connectivity index (χ4n) is 0.938. The zero-order valence-corrected chi connectivity index (χ0v) is 7.71. The van der Waals surface area contributed by atoms with E-state index in [1.165, 1.54) is 0 Å². The summed E-state index contributed by atoms with van der Waals surface area (Å²) in [6, 6.07) is 2.12. The van der Waals surface area contributed by atoms with Gasteiger partial charge < -0.3 is 5.73 Å². The summed E-state index contributed by atoms with van der Waals surface area (Å²) in [5, 5.41) is 8.38. The Balaban J connectivity index is 3.68. The van der Waals surface area contributed by atoms with Crippen LogP contribution in [0.25, 0.3) is 0 Å². The van der Waals surface area contributed by atoms with Gasteiger partial charge in [0.05, 0.1) is 6.07 Å². The second-order valence-corrected chi connectivity index (χ2v) is 2.73. The molecule has 0 amide bonds. The molecular formula is C9H17N3. The van der Waals surface area contributed by atoms with E-state index in [4.69, 9.17) is 11.0 Å². The van der Waals surface area contributed by atoms with Crippen molar-refractivity contribution >= 4 is 0 Å². The van der Waals surface area contributed by atoms with Gasteiger partial charge in [-0.25, -0.2) is 0 Å². The van der Waals surface area contributed by atoms with Crippen LogP contribution in [-0.4, -0.2) is 31.1 Å². The molecule has 0 unspecified atom stereocenters. The zero-order valence-electron chi connectivity index (χ0n) is 7.71. The van der Waals surface area contributed by atoms with Crippen LogP contribution >= 0.6 is 0 Å². The molecule has 68 valence electrons. The number of hydrogen-bond acceptors (Lipinski definition) is 3. The van der Waals surface area contributed by atoms with Gasteiger partial charge in [0.1, 0.15) is 0 Å². The molecule has 0 rings (SSSR count). The second-order valence-electron chi connectivity index (χ2n) is 2.73. The predicted octanol–water partition coefficient (Wildman–Crippen LogP) is 0.737. The summed E-state index contributed by atoms with van der Waals surface area (Å²) in [6.07, 6.45) is 0.575. The van der Waals surface area contributed by atoms with Gasteiger partial charge in [0.15, 0.2) is 0 Å². The van der Waals surface area contributed by atoms with E-state index in [0.29, 0.717) is 13.0 Å².